The molecular weight excluding hydrogens is 588 g/mol. The molecule has 0 radical (unpaired) electrons. The molecule has 0 bridgehead atoms. The van der Waals surface area contributed by atoms with E-state index in [4.69, 9.17) is 4.74 Å². The van der Waals surface area contributed by atoms with Gasteiger partial charge in [-0.15, -0.1) is 0 Å². The van der Waals surface area contributed by atoms with Crippen molar-refractivity contribution in [1.29, 1.82) is 5.26 Å². The normalized spacial score (nSPS) is 10.9. The predicted molar refractivity (Wildman–Crippen MR) is 135 cm³/mol. The second-order valence-electron chi connectivity index (χ2n) is 7.06. The number of halogens is 2. The maximum absolute atomic E-state index is 12.6. The minimum atomic E-state index is -0.776. The van der Waals surface area contributed by atoms with Gasteiger partial charge in [0.25, 0.3) is 11.6 Å². The van der Waals surface area contributed by atoms with E-state index in [1.165, 1.54) is 18.2 Å². The number of carbonyl (C=O) groups excluding carboxylic acids is 1. The van der Waals surface area contributed by atoms with Crippen LogP contribution in [0.2, 0.25) is 0 Å². The third-order valence-electron chi connectivity index (χ3n) is 4.56. The maximum atomic E-state index is 12.6. The monoisotopic (exact) mass is 600 g/mol. The molecule has 0 aliphatic rings. The first-order valence-corrected chi connectivity index (χ1v) is 11.3. The molecule has 12 heteroatoms. The molecule has 176 valence electrons. The van der Waals surface area contributed by atoms with Gasteiger partial charge in [-0.1, -0.05) is 12.1 Å². The average molecular weight is 602 g/mol. The van der Waals surface area contributed by atoms with E-state index in [9.17, 15) is 30.3 Å². The Balaban J connectivity index is 1.80. The third-order valence-corrected chi connectivity index (χ3v) is 5.81. The van der Waals surface area contributed by atoms with Crippen molar-refractivity contribution >= 4 is 60.9 Å². The predicted octanol–water partition coefficient (Wildman–Crippen LogP) is 6.67. The van der Waals surface area contributed by atoms with Gasteiger partial charge in [0.15, 0.2) is 0 Å². The molecule has 0 atom stereocenters. The highest BCUT2D eigenvalue weighted by Crippen LogP contribution is 2.35. The van der Waals surface area contributed by atoms with Gasteiger partial charge in [-0.2, -0.15) is 5.26 Å². The number of nitrogens with zero attached hydrogens (tertiary/aromatic N) is 3. The first-order chi connectivity index (χ1) is 16.6. The largest absolute Gasteiger partial charge is 0.450 e. The van der Waals surface area contributed by atoms with Gasteiger partial charge in [0.2, 0.25) is 5.75 Å². The Morgan fingerprint density at radius 2 is 1.66 bits per heavy atom. The van der Waals surface area contributed by atoms with Crippen LogP contribution >= 0.6 is 31.9 Å². The lowest BCUT2D eigenvalue weighted by Crippen LogP contribution is -2.14. The van der Waals surface area contributed by atoms with E-state index >= 15 is 0 Å². The summed E-state index contributed by atoms with van der Waals surface area (Å²) in [4.78, 5) is 33.3. The van der Waals surface area contributed by atoms with Crippen molar-refractivity contribution < 1.29 is 19.4 Å². The number of benzene rings is 3. The van der Waals surface area contributed by atoms with Crippen molar-refractivity contribution in [3.8, 4) is 17.6 Å². The van der Waals surface area contributed by atoms with Crippen molar-refractivity contribution in [2.75, 3.05) is 5.32 Å². The number of rotatable bonds is 7. The Hall–Kier alpha value is -4.08. The quantitative estimate of drug-likeness (QED) is 0.137. The van der Waals surface area contributed by atoms with Crippen molar-refractivity contribution in [2.45, 2.75) is 6.92 Å². The van der Waals surface area contributed by atoms with E-state index in [0.717, 1.165) is 23.8 Å². The van der Waals surface area contributed by atoms with E-state index in [-0.39, 0.29) is 17.1 Å². The van der Waals surface area contributed by atoms with Crippen LogP contribution in [0.1, 0.15) is 11.1 Å². The summed E-state index contributed by atoms with van der Waals surface area (Å²) in [5, 5.41) is 34.3. The van der Waals surface area contributed by atoms with Crippen molar-refractivity contribution in [1.82, 2.24) is 0 Å². The number of hydrogen-bond donors (Lipinski definition) is 1. The molecule has 1 N–H and O–H groups in total. The van der Waals surface area contributed by atoms with Crippen LogP contribution in [0.4, 0.5) is 17.1 Å². The van der Waals surface area contributed by atoms with Crippen LogP contribution in [0.5, 0.6) is 11.5 Å². The summed E-state index contributed by atoms with van der Waals surface area (Å²) in [7, 11) is 0. The number of nitro groups is 2. The second-order valence-corrected chi connectivity index (χ2v) is 8.77. The van der Waals surface area contributed by atoms with E-state index in [1.807, 2.05) is 25.1 Å². The fourth-order valence-electron chi connectivity index (χ4n) is 2.92. The minimum Gasteiger partial charge on any atom is -0.450 e. The molecular formula is C23H14Br2N4O6. The van der Waals surface area contributed by atoms with Crippen molar-refractivity contribution in [2.24, 2.45) is 0 Å². The molecule has 0 fully saturated rings. The molecule has 10 nitrogen and oxygen atoms in total. The summed E-state index contributed by atoms with van der Waals surface area (Å²) in [6.45, 7) is 1.90. The molecule has 0 spiro atoms. The molecule has 0 unspecified atom stereocenters. The van der Waals surface area contributed by atoms with Crippen LogP contribution in [0, 0.1) is 38.5 Å². The number of ether oxygens (including phenoxy) is 1. The molecule has 0 aliphatic heterocycles. The number of non-ortho nitro benzene ring substituents is 1. The molecule has 35 heavy (non-hydrogen) atoms. The summed E-state index contributed by atoms with van der Waals surface area (Å²) < 4.78 is 6.81. The number of hydrogen-bond acceptors (Lipinski definition) is 7. The smallest absolute Gasteiger partial charge is 0.318 e. The topological polar surface area (TPSA) is 148 Å². The lowest BCUT2D eigenvalue weighted by molar-refractivity contribution is -0.394. The fourth-order valence-corrected chi connectivity index (χ4v) is 4.54. The lowest BCUT2D eigenvalue weighted by atomic mass is 10.1. The second kappa shape index (κ2) is 10.9. The first-order valence-electron chi connectivity index (χ1n) is 9.68. The van der Waals surface area contributed by atoms with Crippen molar-refractivity contribution in [3.05, 3.63) is 100 Å². The molecule has 0 aliphatic carbocycles. The first kappa shape index (κ1) is 25.5. The number of nitrogens with one attached hydrogen (secondary N) is 1. The van der Waals surface area contributed by atoms with Crippen LogP contribution in [0.25, 0.3) is 6.08 Å². The summed E-state index contributed by atoms with van der Waals surface area (Å²) in [5.41, 5.74) is 0.819. The van der Waals surface area contributed by atoms with Crippen LogP contribution in [0.3, 0.4) is 0 Å². The summed E-state index contributed by atoms with van der Waals surface area (Å²) in [5.74, 6) is -0.565. The zero-order valence-electron chi connectivity index (χ0n) is 17.8. The third kappa shape index (κ3) is 6.28. The Kier molecular flexibility index (Phi) is 7.95. The van der Waals surface area contributed by atoms with Gasteiger partial charge in [-0.05, 0) is 86.3 Å². The minimum absolute atomic E-state index is 0.149. The van der Waals surface area contributed by atoms with Gasteiger partial charge in [0.05, 0.1) is 21.6 Å². The van der Waals surface area contributed by atoms with Gasteiger partial charge in [0, 0.05) is 15.0 Å². The van der Waals surface area contributed by atoms with Gasteiger partial charge in [-0.3, -0.25) is 25.0 Å². The Morgan fingerprint density at radius 1 is 1.03 bits per heavy atom. The summed E-state index contributed by atoms with van der Waals surface area (Å²) >= 11 is 6.78. The van der Waals surface area contributed by atoms with Gasteiger partial charge in [0.1, 0.15) is 17.4 Å². The zero-order chi connectivity index (χ0) is 25.7. The number of aryl methyl sites for hydroxylation is 1. The van der Waals surface area contributed by atoms with Gasteiger partial charge >= 0.3 is 5.69 Å². The van der Waals surface area contributed by atoms with E-state index in [2.05, 4.69) is 37.2 Å². The van der Waals surface area contributed by atoms with Crippen LogP contribution in [-0.4, -0.2) is 15.8 Å². The molecule has 0 aromatic heterocycles. The molecule has 3 aromatic rings. The van der Waals surface area contributed by atoms with E-state index < -0.39 is 27.1 Å². The van der Waals surface area contributed by atoms with Crippen molar-refractivity contribution in [3.63, 3.8) is 0 Å². The Bertz CT molecular complexity index is 1390. The summed E-state index contributed by atoms with van der Waals surface area (Å²) in [6, 6.07) is 14.6. The Labute approximate surface area is 215 Å². The average Bonchev–Trinajstić information content (AvgIpc) is 2.80. The summed E-state index contributed by atoms with van der Waals surface area (Å²) in [6.07, 6.45) is 1.38. The lowest BCUT2D eigenvalue weighted by Gasteiger charge is -2.10. The maximum Gasteiger partial charge on any atom is 0.318 e. The fraction of sp³-hybridized carbons (Fsp3) is 0.0435. The standard InChI is InChI=1S/C23H14Br2N4O6/c1-13-8-18(24)22(19(25)9-13)27-23(30)15(12-26)10-14-2-5-17(6-3-14)35-21-7-4-16(28(31)32)11-20(21)29(33)34/h2-11H,1H3,(H,27,30)/b15-10+. The number of carbonyl (C=O) groups is 1. The molecule has 0 heterocycles. The number of nitro benzene ring substituents is 2. The SMILES string of the molecule is Cc1cc(Br)c(NC(=O)/C(C#N)=C/c2ccc(Oc3ccc([N+](=O)[O-])cc3[N+](=O)[O-])cc2)c(Br)c1. The Morgan fingerprint density at radius 3 is 2.20 bits per heavy atom. The molecule has 0 saturated heterocycles. The van der Waals surface area contributed by atoms with E-state index in [0.29, 0.717) is 20.2 Å². The highest BCUT2D eigenvalue weighted by atomic mass is 79.9. The number of anilines is 1. The highest BCUT2D eigenvalue weighted by molar-refractivity contribution is 9.11. The van der Waals surface area contributed by atoms with Gasteiger partial charge in [-0.25, -0.2) is 0 Å². The zero-order valence-corrected chi connectivity index (χ0v) is 21.0. The molecule has 3 rings (SSSR count). The van der Waals surface area contributed by atoms with Crippen LogP contribution < -0.4 is 10.1 Å². The number of amides is 1. The molecule has 3 aromatic carbocycles. The molecule has 1 amide bonds. The van der Waals surface area contributed by atoms with Gasteiger partial charge < -0.3 is 10.1 Å². The molecule has 0 saturated carbocycles. The van der Waals surface area contributed by atoms with Crippen LogP contribution in [0.15, 0.2) is 69.1 Å². The number of nitriles is 1. The van der Waals surface area contributed by atoms with Crippen LogP contribution in [-0.2, 0) is 4.79 Å². The van der Waals surface area contributed by atoms with E-state index in [1.54, 1.807) is 12.1 Å². The highest BCUT2D eigenvalue weighted by Gasteiger charge is 2.21.